The average molecular weight is 321 g/mol. The minimum Gasteiger partial charge on any atom is -0.325 e. The molecule has 1 fully saturated rings. The molecule has 0 unspecified atom stereocenters. The minimum absolute atomic E-state index is 0.129. The van der Waals surface area contributed by atoms with Gasteiger partial charge in [0.05, 0.1) is 5.41 Å². The van der Waals surface area contributed by atoms with Gasteiger partial charge >= 0.3 is 0 Å². The molecular formula is C19H19N3O2. The Labute approximate surface area is 140 Å². The van der Waals surface area contributed by atoms with E-state index in [-0.39, 0.29) is 17.2 Å². The van der Waals surface area contributed by atoms with Gasteiger partial charge < -0.3 is 10.6 Å². The Morgan fingerprint density at radius 3 is 2.92 bits per heavy atom. The Bertz CT molecular complexity index is 840. The van der Waals surface area contributed by atoms with E-state index < -0.39 is 0 Å². The van der Waals surface area contributed by atoms with Crippen LogP contribution in [-0.2, 0) is 17.6 Å². The van der Waals surface area contributed by atoms with Crippen molar-refractivity contribution in [1.29, 1.82) is 0 Å². The molecule has 2 heterocycles. The van der Waals surface area contributed by atoms with E-state index in [1.807, 2.05) is 25.1 Å². The maximum atomic E-state index is 12.5. The molecule has 1 aromatic carbocycles. The second-order valence-corrected chi connectivity index (χ2v) is 6.62. The van der Waals surface area contributed by atoms with Crippen LogP contribution in [-0.4, -0.2) is 16.8 Å². The number of nitrogens with one attached hydrogen (secondary N) is 2. The van der Waals surface area contributed by atoms with Crippen LogP contribution in [0.3, 0.4) is 0 Å². The standard InChI is InChI=1S/C19H19N3O2/c1-2-12-11-20-8-5-15(12)17(23)21-14-3-4-16-13(9-14)10-19(6-7-19)18(24)22-16/h3-5,8-9,11H,2,6-7,10H2,1H3,(H,21,23)(H,22,24). The summed E-state index contributed by atoms with van der Waals surface area (Å²) in [5.41, 5.74) is 4.08. The molecule has 24 heavy (non-hydrogen) atoms. The third-order valence-electron chi connectivity index (χ3n) is 5.00. The third-order valence-corrected chi connectivity index (χ3v) is 5.00. The van der Waals surface area contributed by atoms with Crippen molar-refractivity contribution in [2.45, 2.75) is 32.6 Å². The summed E-state index contributed by atoms with van der Waals surface area (Å²) in [6, 6.07) is 7.41. The molecule has 0 saturated heterocycles. The number of fused-ring (bicyclic) bond motifs is 1. The number of nitrogens with zero attached hydrogens (tertiary/aromatic N) is 1. The fourth-order valence-electron chi connectivity index (χ4n) is 3.32. The summed E-state index contributed by atoms with van der Waals surface area (Å²) in [6.45, 7) is 2.00. The molecule has 4 rings (SSSR count). The first-order chi connectivity index (χ1) is 11.6. The molecule has 2 N–H and O–H groups in total. The molecule has 5 nitrogen and oxygen atoms in total. The number of carbonyl (C=O) groups is 2. The van der Waals surface area contributed by atoms with E-state index in [2.05, 4.69) is 15.6 Å². The van der Waals surface area contributed by atoms with Crippen molar-refractivity contribution >= 4 is 23.2 Å². The van der Waals surface area contributed by atoms with Gasteiger partial charge in [-0.3, -0.25) is 14.6 Å². The van der Waals surface area contributed by atoms with E-state index in [0.717, 1.165) is 48.2 Å². The Hall–Kier alpha value is -2.69. The monoisotopic (exact) mass is 321 g/mol. The van der Waals surface area contributed by atoms with Crippen LogP contribution in [0.15, 0.2) is 36.7 Å². The van der Waals surface area contributed by atoms with Crippen LogP contribution in [0.1, 0.15) is 41.3 Å². The first-order valence-electron chi connectivity index (χ1n) is 8.30. The maximum Gasteiger partial charge on any atom is 0.256 e. The van der Waals surface area contributed by atoms with Gasteiger partial charge in [0.15, 0.2) is 0 Å². The van der Waals surface area contributed by atoms with Crippen molar-refractivity contribution in [3.8, 4) is 0 Å². The highest BCUT2D eigenvalue weighted by Gasteiger charge is 2.52. The minimum atomic E-state index is -0.198. The van der Waals surface area contributed by atoms with E-state index >= 15 is 0 Å². The van der Waals surface area contributed by atoms with Crippen molar-refractivity contribution in [2.75, 3.05) is 10.6 Å². The summed E-state index contributed by atoms with van der Waals surface area (Å²) in [4.78, 5) is 28.7. The van der Waals surface area contributed by atoms with E-state index in [1.54, 1.807) is 18.5 Å². The number of hydrogen-bond donors (Lipinski definition) is 2. The van der Waals surface area contributed by atoms with Crippen molar-refractivity contribution in [2.24, 2.45) is 5.41 Å². The molecule has 1 aromatic heterocycles. The zero-order valence-corrected chi connectivity index (χ0v) is 13.6. The maximum absolute atomic E-state index is 12.5. The van der Waals surface area contributed by atoms with Crippen LogP contribution in [0.4, 0.5) is 11.4 Å². The molecule has 1 saturated carbocycles. The van der Waals surface area contributed by atoms with Gasteiger partial charge in [0, 0.05) is 29.3 Å². The normalized spacial score (nSPS) is 17.1. The molecule has 122 valence electrons. The van der Waals surface area contributed by atoms with Crippen LogP contribution >= 0.6 is 0 Å². The van der Waals surface area contributed by atoms with Gasteiger partial charge in [0.2, 0.25) is 5.91 Å². The first kappa shape index (κ1) is 14.9. The number of carbonyl (C=O) groups excluding carboxylic acids is 2. The summed E-state index contributed by atoms with van der Waals surface area (Å²) in [5.74, 6) is 0.00587. The van der Waals surface area contributed by atoms with Crippen molar-refractivity contribution in [3.63, 3.8) is 0 Å². The molecule has 1 aliphatic carbocycles. The fraction of sp³-hybridized carbons (Fsp3) is 0.316. The second kappa shape index (κ2) is 5.44. The zero-order chi connectivity index (χ0) is 16.7. The lowest BCUT2D eigenvalue weighted by atomic mass is 9.90. The Kier molecular flexibility index (Phi) is 3.37. The highest BCUT2D eigenvalue weighted by molar-refractivity contribution is 6.06. The van der Waals surface area contributed by atoms with Crippen LogP contribution < -0.4 is 10.6 Å². The average Bonchev–Trinajstić information content (AvgIpc) is 3.36. The summed E-state index contributed by atoms with van der Waals surface area (Å²) in [7, 11) is 0. The fourth-order valence-corrected chi connectivity index (χ4v) is 3.32. The number of aromatic nitrogens is 1. The highest BCUT2D eigenvalue weighted by atomic mass is 16.2. The predicted molar refractivity (Wildman–Crippen MR) is 92.0 cm³/mol. The van der Waals surface area contributed by atoms with E-state index in [4.69, 9.17) is 0 Å². The molecule has 0 bridgehead atoms. The zero-order valence-electron chi connectivity index (χ0n) is 13.6. The lowest BCUT2D eigenvalue weighted by Gasteiger charge is -2.24. The molecule has 2 aromatic rings. The van der Waals surface area contributed by atoms with Crippen molar-refractivity contribution < 1.29 is 9.59 Å². The van der Waals surface area contributed by atoms with Gasteiger partial charge in [-0.25, -0.2) is 0 Å². The third kappa shape index (κ3) is 2.46. The van der Waals surface area contributed by atoms with Gasteiger partial charge in [0.1, 0.15) is 0 Å². The number of hydrogen-bond acceptors (Lipinski definition) is 3. The van der Waals surface area contributed by atoms with Crippen LogP contribution in [0.25, 0.3) is 0 Å². The summed E-state index contributed by atoms with van der Waals surface area (Å²) >= 11 is 0. The number of anilines is 2. The van der Waals surface area contributed by atoms with Crippen LogP contribution in [0.2, 0.25) is 0 Å². The lowest BCUT2D eigenvalue weighted by Crippen LogP contribution is -2.31. The summed E-state index contributed by atoms with van der Waals surface area (Å²) in [5, 5.41) is 5.95. The molecule has 1 spiro atoms. The SMILES string of the molecule is CCc1cnccc1C(=O)Nc1ccc2c(c1)CC1(CC1)C(=O)N2. The number of pyridine rings is 1. The number of rotatable bonds is 3. The Morgan fingerprint density at radius 2 is 2.17 bits per heavy atom. The number of aryl methyl sites for hydroxylation is 1. The van der Waals surface area contributed by atoms with Crippen LogP contribution in [0.5, 0.6) is 0 Å². The summed E-state index contributed by atoms with van der Waals surface area (Å²) in [6.07, 6.45) is 6.78. The smallest absolute Gasteiger partial charge is 0.256 e. The Morgan fingerprint density at radius 1 is 1.33 bits per heavy atom. The van der Waals surface area contributed by atoms with Gasteiger partial charge in [-0.2, -0.15) is 0 Å². The first-order valence-corrected chi connectivity index (χ1v) is 8.30. The summed E-state index contributed by atoms with van der Waals surface area (Å²) < 4.78 is 0. The predicted octanol–water partition coefficient (Wildman–Crippen LogP) is 3.17. The van der Waals surface area contributed by atoms with E-state index in [1.165, 1.54) is 0 Å². The topological polar surface area (TPSA) is 71.1 Å². The van der Waals surface area contributed by atoms with Crippen molar-refractivity contribution in [1.82, 2.24) is 4.98 Å². The second-order valence-electron chi connectivity index (χ2n) is 6.62. The molecule has 5 heteroatoms. The molecule has 2 aliphatic rings. The van der Waals surface area contributed by atoms with Crippen molar-refractivity contribution in [3.05, 3.63) is 53.3 Å². The quantitative estimate of drug-likeness (QED) is 0.912. The lowest BCUT2D eigenvalue weighted by molar-refractivity contribution is -0.121. The highest BCUT2D eigenvalue weighted by Crippen LogP contribution is 2.52. The van der Waals surface area contributed by atoms with E-state index in [9.17, 15) is 9.59 Å². The number of amides is 2. The van der Waals surface area contributed by atoms with Gasteiger partial charge in [-0.15, -0.1) is 0 Å². The molecule has 1 aliphatic heterocycles. The molecule has 0 radical (unpaired) electrons. The molecule has 0 atom stereocenters. The Balaban J connectivity index is 1.58. The largest absolute Gasteiger partial charge is 0.325 e. The van der Waals surface area contributed by atoms with Gasteiger partial charge in [-0.05, 0) is 61.1 Å². The van der Waals surface area contributed by atoms with Gasteiger partial charge in [-0.1, -0.05) is 6.92 Å². The molecule has 2 amide bonds. The van der Waals surface area contributed by atoms with Crippen LogP contribution in [0, 0.1) is 5.41 Å². The number of benzene rings is 1. The van der Waals surface area contributed by atoms with Gasteiger partial charge in [0.25, 0.3) is 5.91 Å². The van der Waals surface area contributed by atoms with E-state index in [0.29, 0.717) is 5.56 Å². The molecular weight excluding hydrogens is 302 g/mol.